The summed E-state index contributed by atoms with van der Waals surface area (Å²) in [5.41, 5.74) is 1.35. The number of ether oxygens (including phenoxy) is 1. The SMILES string of the molecule is COc1ccc(N2CCN(C(=O)Nc3ccc(Cl)c(Cl)c3)C2=N)cc1. The van der Waals surface area contributed by atoms with Crippen LogP contribution >= 0.6 is 23.2 Å². The lowest BCUT2D eigenvalue weighted by Crippen LogP contribution is -2.39. The summed E-state index contributed by atoms with van der Waals surface area (Å²) in [6, 6.07) is 11.8. The Morgan fingerprint density at radius 3 is 2.48 bits per heavy atom. The van der Waals surface area contributed by atoms with Crippen molar-refractivity contribution in [1.29, 1.82) is 5.41 Å². The third-order valence-corrected chi connectivity index (χ3v) is 4.60. The molecular formula is C17H16Cl2N4O2. The van der Waals surface area contributed by atoms with Crippen molar-refractivity contribution in [2.45, 2.75) is 0 Å². The highest BCUT2D eigenvalue weighted by Crippen LogP contribution is 2.26. The first-order chi connectivity index (χ1) is 12.0. The third-order valence-electron chi connectivity index (χ3n) is 3.86. The van der Waals surface area contributed by atoms with Crippen LogP contribution in [-0.2, 0) is 0 Å². The molecule has 0 saturated carbocycles. The fourth-order valence-corrected chi connectivity index (χ4v) is 2.83. The van der Waals surface area contributed by atoms with Gasteiger partial charge in [0.05, 0.1) is 17.2 Å². The summed E-state index contributed by atoms with van der Waals surface area (Å²) in [5.74, 6) is 0.853. The van der Waals surface area contributed by atoms with Crippen LogP contribution in [0.25, 0.3) is 0 Å². The number of nitrogens with one attached hydrogen (secondary N) is 2. The average Bonchev–Trinajstić information content (AvgIpc) is 3.00. The molecule has 2 amide bonds. The summed E-state index contributed by atoms with van der Waals surface area (Å²) in [7, 11) is 1.60. The summed E-state index contributed by atoms with van der Waals surface area (Å²) in [6.45, 7) is 0.956. The van der Waals surface area contributed by atoms with E-state index < -0.39 is 0 Å². The van der Waals surface area contributed by atoms with Crippen molar-refractivity contribution < 1.29 is 9.53 Å². The van der Waals surface area contributed by atoms with Gasteiger partial charge in [-0.3, -0.25) is 10.3 Å². The number of methoxy groups -OCH3 is 1. The molecular weight excluding hydrogens is 363 g/mol. The van der Waals surface area contributed by atoms with Crippen LogP contribution in [0, 0.1) is 5.41 Å². The molecule has 6 nitrogen and oxygen atoms in total. The second-order valence-electron chi connectivity index (χ2n) is 5.38. The van der Waals surface area contributed by atoms with E-state index in [0.29, 0.717) is 28.8 Å². The van der Waals surface area contributed by atoms with Gasteiger partial charge >= 0.3 is 6.03 Å². The Bertz CT molecular complexity index is 811. The smallest absolute Gasteiger partial charge is 0.328 e. The Kier molecular flexibility index (Phi) is 5.01. The summed E-state index contributed by atoms with van der Waals surface area (Å²) in [4.78, 5) is 15.6. The number of halogens is 2. The highest BCUT2D eigenvalue weighted by Gasteiger charge is 2.31. The van der Waals surface area contributed by atoms with E-state index in [1.807, 2.05) is 24.3 Å². The molecule has 0 atom stereocenters. The fraction of sp³-hybridized carbons (Fsp3) is 0.176. The number of hydrogen-bond acceptors (Lipinski definition) is 3. The van der Waals surface area contributed by atoms with E-state index in [0.717, 1.165) is 11.4 Å². The predicted octanol–water partition coefficient (Wildman–Crippen LogP) is 4.29. The zero-order chi connectivity index (χ0) is 18.0. The summed E-state index contributed by atoms with van der Waals surface area (Å²) >= 11 is 11.8. The molecule has 0 unspecified atom stereocenters. The lowest BCUT2D eigenvalue weighted by molar-refractivity contribution is 0.236. The molecule has 0 bridgehead atoms. The van der Waals surface area contributed by atoms with Gasteiger partial charge in [-0.2, -0.15) is 0 Å². The lowest BCUT2D eigenvalue weighted by atomic mass is 10.3. The molecule has 0 aromatic heterocycles. The Hall–Kier alpha value is -2.44. The van der Waals surface area contributed by atoms with Gasteiger partial charge in [0.1, 0.15) is 5.75 Å². The number of carbonyl (C=O) groups is 1. The molecule has 130 valence electrons. The lowest BCUT2D eigenvalue weighted by Gasteiger charge is -2.21. The number of benzene rings is 2. The Balaban J connectivity index is 1.70. The molecule has 1 aliphatic heterocycles. The van der Waals surface area contributed by atoms with Crippen LogP contribution < -0.4 is 15.0 Å². The Morgan fingerprint density at radius 1 is 1.12 bits per heavy atom. The molecule has 0 spiro atoms. The molecule has 3 rings (SSSR count). The van der Waals surface area contributed by atoms with Gasteiger partial charge in [-0.05, 0) is 42.5 Å². The van der Waals surface area contributed by atoms with Crippen LogP contribution in [0.1, 0.15) is 0 Å². The summed E-state index contributed by atoms with van der Waals surface area (Å²) in [5, 5.41) is 11.8. The monoisotopic (exact) mass is 378 g/mol. The van der Waals surface area contributed by atoms with Crippen LogP contribution in [0.4, 0.5) is 16.2 Å². The molecule has 1 aliphatic rings. The highest BCUT2D eigenvalue weighted by atomic mass is 35.5. The quantitative estimate of drug-likeness (QED) is 0.836. The van der Waals surface area contributed by atoms with Crippen LogP contribution in [-0.4, -0.2) is 37.1 Å². The number of amides is 2. The molecule has 1 heterocycles. The van der Waals surface area contributed by atoms with Crippen LogP contribution in [0.5, 0.6) is 5.75 Å². The molecule has 25 heavy (non-hydrogen) atoms. The topological polar surface area (TPSA) is 68.7 Å². The van der Waals surface area contributed by atoms with E-state index in [-0.39, 0.29) is 12.0 Å². The number of nitrogens with zero attached hydrogens (tertiary/aromatic N) is 2. The van der Waals surface area contributed by atoms with Crippen LogP contribution in [0.3, 0.4) is 0 Å². The molecule has 2 N–H and O–H groups in total. The van der Waals surface area contributed by atoms with Crippen LogP contribution in [0.15, 0.2) is 42.5 Å². The normalized spacial score (nSPS) is 14.0. The second kappa shape index (κ2) is 7.21. The maximum Gasteiger partial charge on any atom is 0.328 e. The largest absolute Gasteiger partial charge is 0.497 e. The first-order valence-corrected chi connectivity index (χ1v) is 8.29. The maximum atomic E-state index is 12.4. The predicted molar refractivity (Wildman–Crippen MR) is 100 cm³/mol. The summed E-state index contributed by atoms with van der Waals surface area (Å²) in [6.07, 6.45) is 0. The minimum absolute atomic E-state index is 0.114. The highest BCUT2D eigenvalue weighted by molar-refractivity contribution is 6.42. The van der Waals surface area contributed by atoms with Gasteiger partial charge in [0.25, 0.3) is 0 Å². The molecule has 1 fully saturated rings. The van der Waals surface area contributed by atoms with Gasteiger partial charge < -0.3 is 15.0 Å². The van der Waals surface area contributed by atoms with E-state index >= 15 is 0 Å². The molecule has 0 aliphatic carbocycles. The van der Waals surface area contributed by atoms with Crippen molar-refractivity contribution in [2.75, 3.05) is 30.4 Å². The van der Waals surface area contributed by atoms with Gasteiger partial charge in [0, 0.05) is 24.5 Å². The number of rotatable bonds is 3. The number of hydrogen-bond donors (Lipinski definition) is 2. The molecule has 0 radical (unpaired) electrons. The first kappa shape index (κ1) is 17.4. The molecule has 1 saturated heterocycles. The average molecular weight is 379 g/mol. The zero-order valence-corrected chi connectivity index (χ0v) is 14.9. The zero-order valence-electron chi connectivity index (χ0n) is 13.4. The van der Waals surface area contributed by atoms with E-state index in [4.69, 9.17) is 33.3 Å². The number of anilines is 2. The van der Waals surface area contributed by atoms with Gasteiger partial charge in [-0.15, -0.1) is 0 Å². The maximum absolute atomic E-state index is 12.4. The molecule has 2 aromatic rings. The van der Waals surface area contributed by atoms with Gasteiger partial charge in [0.15, 0.2) is 0 Å². The molecule has 8 heteroatoms. The van der Waals surface area contributed by atoms with Crippen molar-refractivity contribution in [3.05, 3.63) is 52.5 Å². The van der Waals surface area contributed by atoms with Crippen LogP contribution in [0.2, 0.25) is 10.0 Å². The van der Waals surface area contributed by atoms with E-state index in [9.17, 15) is 4.79 Å². The van der Waals surface area contributed by atoms with Gasteiger partial charge in [-0.1, -0.05) is 23.2 Å². The van der Waals surface area contributed by atoms with E-state index in [1.165, 1.54) is 4.90 Å². The van der Waals surface area contributed by atoms with E-state index in [1.54, 1.807) is 30.2 Å². The third kappa shape index (κ3) is 3.65. The number of guanidine groups is 1. The minimum Gasteiger partial charge on any atom is -0.497 e. The first-order valence-electron chi connectivity index (χ1n) is 7.53. The Labute approximate surface area is 155 Å². The fourth-order valence-electron chi connectivity index (χ4n) is 2.53. The van der Waals surface area contributed by atoms with Gasteiger partial charge in [-0.25, -0.2) is 4.79 Å². The number of urea groups is 1. The standard InChI is InChI=1S/C17H16Cl2N4O2/c1-25-13-5-3-12(4-6-13)22-8-9-23(16(22)20)17(24)21-11-2-7-14(18)15(19)10-11/h2-7,10,20H,8-9H2,1H3,(H,21,24). The van der Waals surface area contributed by atoms with Crippen molar-refractivity contribution in [3.63, 3.8) is 0 Å². The molecule has 2 aromatic carbocycles. The van der Waals surface area contributed by atoms with Gasteiger partial charge in [0.2, 0.25) is 5.96 Å². The minimum atomic E-state index is -0.389. The van der Waals surface area contributed by atoms with Crippen molar-refractivity contribution in [1.82, 2.24) is 4.90 Å². The van der Waals surface area contributed by atoms with Crippen molar-refractivity contribution >= 4 is 46.6 Å². The van der Waals surface area contributed by atoms with Crippen molar-refractivity contribution in [2.24, 2.45) is 0 Å². The second-order valence-corrected chi connectivity index (χ2v) is 6.20. The van der Waals surface area contributed by atoms with E-state index in [2.05, 4.69) is 5.32 Å². The summed E-state index contributed by atoms with van der Waals surface area (Å²) < 4.78 is 5.14. The Morgan fingerprint density at radius 2 is 1.84 bits per heavy atom. The number of carbonyl (C=O) groups excluding carboxylic acids is 1. The van der Waals surface area contributed by atoms with Crippen molar-refractivity contribution in [3.8, 4) is 5.75 Å².